The molecule has 0 N–H and O–H groups in total. The molecular formula is C13H17BrO. The molecule has 0 aliphatic carbocycles. The van der Waals surface area contributed by atoms with Crippen LogP contribution in [0.4, 0.5) is 0 Å². The summed E-state index contributed by atoms with van der Waals surface area (Å²) in [5.74, 6) is 0.253. The van der Waals surface area contributed by atoms with E-state index in [2.05, 4.69) is 15.9 Å². The highest BCUT2D eigenvalue weighted by Gasteiger charge is 2.27. The van der Waals surface area contributed by atoms with Gasteiger partial charge in [0.2, 0.25) is 0 Å². The van der Waals surface area contributed by atoms with Crippen LogP contribution in [0.2, 0.25) is 0 Å². The molecule has 15 heavy (non-hydrogen) atoms. The van der Waals surface area contributed by atoms with Gasteiger partial charge in [0.25, 0.3) is 0 Å². The molecule has 0 heterocycles. The number of Topliss-reactive ketones (excluding diaryl/α,β-unsaturated/α-hetero) is 1. The van der Waals surface area contributed by atoms with Gasteiger partial charge >= 0.3 is 0 Å². The minimum Gasteiger partial charge on any atom is -0.298 e. The molecule has 1 rings (SSSR count). The molecular weight excluding hydrogens is 252 g/mol. The first-order chi connectivity index (χ1) is 6.82. The Morgan fingerprint density at radius 3 is 2.07 bits per heavy atom. The van der Waals surface area contributed by atoms with Crippen molar-refractivity contribution < 1.29 is 4.79 Å². The Morgan fingerprint density at radius 1 is 1.20 bits per heavy atom. The molecule has 0 saturated heterocycles. The van der Waals surface area contributed by atoms with Crippen molar-refractivity contribution in [3.05, 3.63) is 34.3 Å². The van der Waals surface area contributed by atoms with E-state index in [1.807, 2.05) is 52.0 Å². The Bertz CT molecular complexity index is 346. The van der Waals surface area contributed by atoms with Crippen molar-refractivity contribution in [2.24, 2.45) is 5.41 Å². The number of rotatable bonds is 2. The molecule has 0 radical (unpaired) electrons. The van der Waals surface area contributed by atoms with Crippen LogP contribution in [0.25, 0.3) is 0 Å². The summed E-state index contributed by atoms with van der Waals surface area (Å²) in [5, 5.41) is 0. The quantitative estimate of drug-likeness (QED) is 0.787. The molecule has 1 nitrogen and oxygen atoms in total. The Kier molecular flexibility index (Phi) is 3.72. The van der Waals surface area contributed by atoms with Gasteiger partial charge < -0.3 is 0 Å². The summed E-state index contributed by atoms with van der Waals surface area (Å²) < 4.78 is 1.04. The summed E-state index contributed by atoms with van der Waals surface area (Å²) in [4.78, 5) is 12.0. The van der Waals surface area contributed by atoms with Crippen molar-refractivity contribution in [2.75, 3.05) is 0 Å². The lowest BCUT2D eigenvalue weighted by Gasteiger charge is -2.22. The topological polar surface area (TPSA) is 17.1 Å². The van der Waals surface area contributed by atoms with Crippen LogP contribution in [0.3, 0.4) is 0 Å². The monoisotopic (exact) mass is 268 g/mol. The number of benzene rings is 1. The van der Waals surface area contributed by atoms with E-state index in [9.17, 15) is 4.79 Å². The fourth-order valence-corrected chi connectivity index (χ4v) is 1.82. The van der Waals surface area contributed by atoms with Gasteiger partial charge in [-0.3, -0.25) is 4.79 Å². The highest BCUT2D eigenvalue weighted by Crippen LogP contribution is 2.27. The molecule has 1 aromatic rings. The third-order valence-electron chi connectivity index (χ3n) is 2.50. The number of hydrogen-bond donors (Lipinski definition) is 0. The zero-order valence-corrected chi connectivity index (χ0v) is 11.3. The van der Waals surface area contributed by atoms with E-state index in [0.717, 1.165) is 10.0 Å². The first-order valence-corrected chi connectivity index (χ1v) is 5.91. The van der Waals surface area contributed by atoms with Crippen LogP contribution in [0, 0.1) is 5.41 Å². The number of hydrogen-bond acceptors (Lipinski definition) is 1. The summed E-state index contributed by atoms with van der Waals surface area (Å²) in [6.07, 6.45) is 0. The summed E-state index contributed by atoms with van der Waals surface area (Å²) in [6, 6.07) is 7.94. The average molecular weight is 269 g/mol. The minimum absolute atomic E-state index is 0.0295. The Hall–Kier alpha value is -0.630. The van der Waals surface area contributed by atoms with Crippen LogP contribution in [0.1, 0.15) is 39.2 Å². The molecule has 0 aliphatic heterocycles. The molecule has 1 unspecified atom stereocenters. The molecule has 0 saturated carbocycles. The van der Waals surface area contributed by atoms with Gasteiger partial charge in [0.05, 0.1) is 0 Å². The Balaban J connectivity index is 2.90. The van der Waals surface area contributed by atoms with Crippen LogP contribution < -0.4 is 0 Å². The molecule has 0 fully saturated rings. The average Bonchev–Trinajstić information content (AvgIpc) is 2.15. The molecule has 0 aliphatic rings. The second-order valence-corrected chi connectivity index (χ2v) is 5.80. The van der Waals surface area contributed by atoms with E-state index in [4.69, 9.17) is 0 Å². The molecule has 0 amide bonds. The number of carbonyl (C=O) groups excluding carboxylic acids is 1. The van der Waals surface area contributed by atoms with Gasteiger partial charge in [-0.05, 0) is 17.7 Å². The fraction of sp³-hybridized carbons (Fsp3) is 0.462. The van der Waals surface area contributed by atoms with E-state index >= 15 is 0 Å². The lowest BCUT2D eigenvalue weighted by Crippen LogP contribution is -2.25. The van der Waals surface area contributed by atoms with Crippen LogP contribution in [-0.2, 0) is 4.79 Å². The Morgan fingerprint density at radius 2 is 1.67 bits per heavy atom. The number of halogens is 1. The van der Waals surface area contributed by atoms with Gasteiger partial charge in [0, 0.05) is 15.8 Å². The lowest BCUT2D eigenvalue weighted by molar-refractivity contribution is -0.127. The Labute approximate surface area is 100 Å². The fourth-order valence-electron chi connectivity index (χ4n) is 1.55. The summed E-state index contributed by atoms with van der Waals surface area (Å²) in [6.45, 7) is 7.86. The zero-order chi connectivity index (χ0) is 11.6. The van der Waals surface area contributed by atoms with Crippen LogP contribution in [0.15, 0.2) is 28.7 Å². The molecule has 0 aromatic heterocycles. The number of carbonyl (C=O) groups is 1. The van der Waals surface area contributed by atoms with E-state index in [1.165, 1.54) is 0 Å². The standard InChI is InChI=1S/C13H17BrO/c1-9(12(15)13(2,3)4)10-5-7-11(14)8-6-10/h5-9H,1-4H3. The SMILES string of the molecule is CC(C(=O)C(C)(C)C)c1ccc(Br)cc1. The highest BCUT2D eigenvalue weighted by atomic mass is 79.9. The maximum atomic E-state index is 12.0. The van der Waals surface area contributed by atoms with Crippen LogP contribution in [-0.4, -0.2) is 5.78 Å². The third-order valence-corrected chi connectivity index (χ3v) is 3.03. The van der Waals surface area contributed by atoms with Crippen molar-refractivity contribution in [1.82, 2.24) is 0 Å². The third kappa shape index (κ3) is 3.16. The summed E-state index contributed by atoms with van der Waals surface area (Å²) >= 11 is 3.39. The second kappa shape index (κ2) is 4.48. The maximum Gasteiger partial charge on any atom is 0.145 e. The lowest BCUT2D eigenvalue weighted by atomic mass is 9.81. The molecule has 1 aromatic carbocycles. The normalized spacial score (nSPS) is 13.7. The van der Waals surface area contributed by atoms with Gasteiger partial charge in [0.1, 0.15) is 5.78 Å². The van der Waals surface area contributed by atoms with Gasteiger partial charge in [-0.25, -0.2) is 0 Å². The molecule has 2 heteroatoms. The van der Waals surface area contributed by atoms with Crippen molar-refractivity contribution in [2.45, 2.75) is 33.6 Å². The van der Waals surface area contributed by atoms with Gasteiger partial charge in [0.15, 0.2) is 0 Å². The molecule has 0 spiro atoms. The minimum atomic E-state index is -0.271. The maximum absolute atomic E-state index is 12.0. The van der Waals surface area contributed by atoms with Gasteiger partial charge in [-0.1, -0.05) is 55.8 Å². The summed E-state index contributed by atoms with van der Waals surface area (Å²) in [7, 11) is 0. The zero-order valence-electron chi connectivity index (χ0n) is 9.67. The van der Waals surface area contributed by atoms with Crippen molar-refractivity contribution >= 4 is 21.7 Å². The van der Waals surface area contributed by atoms with E-state index < -0.39 is 0 Å². The first kappa shape index (κ1) is 12.4. The smallest absolute Gasteiger partial charge is 0.145 e. The molecule has 1 atom stereocenters. The predicted molar refractivity (Wildman–Crippen MR) is 67.0 cm³/mol. The van der Waals surface area contributed by atoms with E-state index in [1.54, 1.807) is 0 Å². The van der Waals surface area contributed by atoms with E-state index in [-0.39, 0.29) is 17.1 Å². The molecule has 0 bridgehead atoms. The second-order valence-electron chi connectivity index (χ2n) is 4.89. The van der Waals surface area contributed by atoms with Gasteiger partial charge in [-0.2, -0.15) is 0 Å². The first-order valence-electron chi connectivity index (χ1n) is 5.12. The summed E-state index contributed by atoms with van der Waals surface area (Å²) in [5.41, 5.74) is 0.810. The van der Waals surface area contributed by atoms with Crippen LogP contribution in [0.5, 0.6) is 0 Å². The van der Waals surface area contributed by atoms with E-state index in [0.29, 0.717) is 0 Å². The van der Waals surface area contributed by atoms with Gasteiger partial charge in [-0.15, -0.1) is 0 Å². The van der Waals surface area contributed by atoms with Crippen molar-refractivity contribution in [3.63, 3.8) is 0 Å². The van der Waals surface area contributed by atoms with Crippen LogP contribution >= 0.6 is 15.9 Å². The predicted octanol–water partition coefficient (Wildman–Crippen LogP) is 4.17. The number of ketones is 1. The van der Waals surface area contributed by atoms with Crippen molar-refractivity contribution in [1.29, 1.82) is 0 Å². The molecule has 82 valence electrons. The largest absolute Gasteiger partial charge is 0.298 e. The van der Waals surface area contributed by atoms with Crippen molar-refractivity contribution in [3.8, 4) is 0 Å². The highest BCUT2D eigenvalue weighted by molar-refractivity contribution is 9.10.